The van der Waals surface area contributed by atoms with Gasteiger partial charge in [0, 0.05) is 41.8 Å². The lowest BCUT2D eigenvalue weighted by atomic mass is 9.89. The zero-order valence-electron chi connectivity index (χ0n) is 23.7. The predicted octanol–water partition coefficient (Wildman–Crippen LogP) is 4.80. The summed E-state index contributed by atoms with van der Waals surface area (Å²) < 4.78 is 35.2. The maximum Gasteiger partial charge on any atom is 0.261 e. The Balaban J connectivity index is 1.60. The van der Waals surface area contributed by atoms with Gasteiger partial charge in [-0.05, 0) is 75.2 Å². The Labute approximate surface area is 243 Å². The summed E-state index contributed by atoms with van der Waals surface area (Å²) in [7, 11) is -1.72. The third kappa shape index (κ3) is 7.90. The Morgan fingerprint density at radius 3 is 2.50 bits per heavy atom. The quantitative estimate of drug-likeness (QED) is 0.435. The molecule has 1 heterocycles. The van der Waals surface area contributed by atoms with Gasteiger partial charge in [0.25, 0.3) is 10.0 Å². The minimum Gasteiger partial charge on any atom is -0.488 e. The number of carbonyl (C=O) groups excluding carboxylic acids is 1. The van der Waals surface area contributed by atoms with Gasteiger partial charge in [-0.3, -0.25) is 9.52 Å². The first-order chi connectivity index (χ1) is 19.1. The highest BCUT2D eigenvalue weighted by Gasteiger charge is 2.31. The van der Waals surface area contributed by atoms with Crippen molar-refractivity contribution < 1.29 is 23.1 Å². The van der Waals surface area contributed by atoms with E-state index in [1.807, 2.05) is 6.92 Å². The molecule has 0 radical (unpaired) electrons. The Morgan fingerprint density at radius 2 is 1.82 bits per heavy atom. The van der Waals surface area contributed by atoms with E-state index in [2.05, 4.69) is 23.6 Å². The van der Waals surface area contributed by atoms with Crippen molar-refractivity contribution >= 4 is 33.2 Å². The molecule has 1 amide bonds. The van der Waals surface area contributed by atoms with Crippen LogP contribution in [0.1, 0.15) is 51.5 Å². The van der Waals surface area contributed by atoms with Crippen LogP contribution in [0.2, 0.25) is 5.02 Å². The molecule has 2 aromatic carbocycles. The molecule has 1 fully saturated rings. The van der Waals surface area contributed by atoms with Crippen LogP contribution in [0.5, 0.6) is 5.75 Å². The molecule has 220 valence electrons. The lowest BCUT2D eigenvalue weighted by Gasteiger charge is -2.35. The number of ether oxygens (including phenoxy) is 1. The average molecular weight is 592 g/mol. The number of amides is 1. The van der Waals surface area contributed by atoms with Crippen LogP contribution >= 0.6 is 11.6 Å². The first-order valence-corrected chi connectivity index (χ1v) is 16.1. The van der Waals surface area contributed by atoms with Crippen LogP contribution in [0.4, 0.5) is 5.69 Å². The van der Waals surface area contributed by atoms with Gasteiger partial charge in [0.1, 0.15) is 11.9 Å². The number of likely N-dealkylation sites (N-methyl/N-ethyl adjacent to an activating group) is 1. The highest BCUT2D eigenvalue weighted by molar-refractivity contribution is 7.92. The van der Waals surface area contributed by atoms with Crippen molar-refractivity contribution in [2.45, 2.75) is 69.4 Å². The van der Waals surface area contributed by atoms with Crippen LogP contribution in [-0.2, 0) is 21.2 Å². The van der Waals surface area contributed by atoms with Crippen LogP contribution in [0.15, 0.2) is 47.4 Å². The number of aliphatic hydroxyl groups is 1. The fourth-order valence-corrected chi connectivity index (χ4v) is 6.91. The number of sulfonamides is 1. The van der Waals surface area contributed by atoms with E-state index in [1.54, 1.807) is 23.1 Å². The van der Waals surface area contributed by atoms with Crippen LogP contribution in [0.3, 0.4) is 0 Å². The molecule has 0 saturated heterocycles. The van der Waals surface area contributed by atoms with Crippen molar-refractivity contribution in [3.8, 4) is 5.75 Å². The van der Waals surface area contributed by atoms with Gasteiger partial charge in [-0.25, -0.2) is 8.42 Å². The van der Waals surface area contributed by atoms with E-state index in [4.69, 9.17) is 16.3 Å². The molecule has 8 nitrogen and oxygen atoms in total. The molecule has 0 unspecified atom stereocenters. The summed E-state index contributed by atoms with van der Waals surface area (Å²) in [4.78, 5) is 17.6. The first-order valence-electron chi connectivity index (χ1n) is 14.2. The van der Waals surface area contributed by atoms with Crippen molar-refractivity contribution in [2.75, 3.05) is 38.0 Å². The topological polar surface area (TPSA) is 99.2 Å². The van der Waals surface area contributed by atoms with Crippen LogP contribution in [0, 0.1) is 11.8 Å². The lowest BCUT2D eigenvalue weighted by Crippen LogP contribution is -2.48. The fraction of sp³-hybridized carbons (Fsp3) is 0.567. The number of hydrogen-bond donors (Lipinski definition) is 2. The second-order valence-corrected chi connectivity index (χ2v) is 13.6. The summed E-state index contributed by atoms with van der Waals surface area (Å²) in [6, 6.07) is 10.7. The Kier molecular flexibility index (Phi) is 10.4. The third-order valence-corrected chi connectivity index (χ3v) is 9.73. The summed E-state index contributed by atoms with van der Waals surface area (Å²) >= 11 is 5.92. The first kappa shape index (κ1) is 30.6. The number of fused-ring (bicyclic) bond motifs is 1. The monoisotopic (exact) mass is 591 g/mol. The standard InChI is InChI=1S/C30H42ClN3O5S/c1-21-17-34(22(2)20-35)30(36)16-24-15-26(32-40(37,38)27-12-9-25(31)10-13-27)11-14-28(24)39-29(21)19-33(3)18-23-7-5-4-6-8-23/h9-15,21-23,29,32,35H,4-8,16-20H2,1-3H3/t21-,22+,29-/m1/s1. The van der Waals surface area contributed by atoms with Crippen LogP contribution in [-0.4, -0.2) is 74.7 Å². The number of rotatable bonds is 9. The molecule has 2 aromatic rings. The summed E-state index contributed by atoms with van der Waals surface area (Å²) in [5.74, 6) is 1.15. The number of aliphatic hydroxyl groups excluding tert-OH is 1. The van der Waals surface area contributed by atoms with Gasteiger partial charge in [-0.15, -0.1) is 0 Å². The molecular formula is C30H42ClN3O5S. The zero-order chi connectivity index (χ0) is 28.9. The predicted molar refractivity (Wildman–Crippen MR) is 158 cm³/mol. The molecular weight excluding hydrogens is 550 g/mol. The number of nitrogens with one attached hydrogen (secondary N) is 1. The summed E-state index contributed by atoms with van der Waals surface area (Å²) in [6.07, 6.45) is 6.28. The third-order valence-electron chi connectivity index (χ3n) is 8.08. The van der Waals surface area contributed by atoms with E-state index < -0.39 is 10.0 Å². The highest BCUT2D eigenvalue weighted by atomic mass is 35.5. The molecule has 40 heavy (non-hydrogen) atoms. The number of hydrogen-bond acceptors (Lipinski definition) is 6. The molecule has 2 aliphatic rings. The normalized spacial score (nSPS) is 21.6. The van der Waals surface area contributed by atoms with Gasteiger partial charge >= 0.3 is 0 Å². The minimum absolute atomic E-state index is 0.0146. The highest BCUT2D eigenvalue weighted by Crippen LogP contribution is 2.31. The van der Waals surface area contributed by atoms with Crippen molar-refractivity contribution in [1.29, 1.82) is 0 Å². The molecule has 0 bridgehead atoms. The summed E-state index contributed by atoms with van der Waals surface area (Å²) in [5, 5.41) is 10.3. The van der Waals surface area contributed by atoms with Crippen LogP contribution < -0.4 is 9.46 Å². The maximum atomic E-state index is 13.5. The van der Waals surface area contributed by atoms with Gasteiger partial charge in [-0.1, -0.05) is 37.8 Å². The second kappa shape index (κ2) is 13.6. The number of benzene rings is 2. The van der Waals surface area contributed by atoms with E-state index in [1.165, 1.54) is 56.4 Å². The molecule has 3 atom stereocenters. The van der Waals surface area contributed by atoms with Gasteiger partial charge in [0.05, 0.1) is 24.0 Å². The van der Waals surface area contributed by atoms with Gasteiger partial charge in [0.15, 0.2) is 0 Å². The Morgan fingerprint density at radius 1 is 1.12 bits per heavy atom. The summed E-state index contributed by atoms with van der Waals surface area (Å²) in [5.41, 5.74) is 0.940. The molecule has 4 rings (SSSR count). The molecule has 1 saturated carbocycles. The molecule has 2 N–H and O–H groups in total. The lowest BCUT2D eigenvalue weighted by molar-refractivity contribution is -0.134. The Bertz CT molecular complexity index is 1250. The van der Waals surface area contributed by atoms with Crippen LogP contribution in [0.25, 0.3) is 0 Å². The SMILES string of the molecule is C[C@@H]1CN([C@@H](C)CO)C(=O)Cc2cc(NS(=O)(=O)c3ccc(Cl)cc3)ccc2O[C@@H]1CN(C)CC1CCCCC1. The molecule has 0 spiro atoms. The molecule has 10 heteroatoms. The number of halogens is 1. The fourth-order valence-electron chi connectivity index (χ4n) is 5.73. The van der Waals surface area contributed by atoms with E-state index in [0.717, 1.165) is 6.54 Å². The van der Waals surface area contributed by atoms with Crippen molar-refractivity contribution in [3.63, 3.8) is 0 Å². The van der Waals surface area contributed by atoms with E-state index >= 15 is 0 Å². The minimum atomic E-state index is -3.86. The van der Waals surface area contributed by atoms with Crippen molar-refractivity contribution in [3.05, 3.63) is 53.1 Å². The van der Waals surface area contributed by atoms with Gasteiger partial charge < -0.3 is 19.6 Å². The number of carbonyl (C=O) groups is 1. The maximum absolute atomic E-state index is 13.5. The van der Waals surface area contributed by atoms with Crippen molar-refractivity contribution in [1.82, 2.24) is 9.80 Å². The second-order valence-electron chi connectivity index (χ2n) is 11.5. The molecule has 1 aliphatic heterocycles. The zero-order valence-corrected chi connectivity index (χ0v) is 25.3. The van der Waals surface area contributed by atoms with Crippen molar-refractivity contribution in [2.24, 2.45) is 11.8 Å². The largest absolute Gasteiger partial charge is 0.488 e. The van der Waals surface area contributed by atoms with E-state index in [-0.39, 0.29) is 41.9 Å². The van der Waals surface area contributed by atoms with E-state index in [9.17, 15) is 18.3 Å². The Hall–Kier alpha value is -2.33. The molecule has 1 aliphatic carbocycles. The average Bonchev–Trinajstić information content (AvgIpc) is 2.96. The van der Waals surface area contributed by atoms with Gasteiger partial charge in [-0.2, -0.15) is 0 Å². The van der Waals surface area contributed by atoms with Gasteiger partial charge in [0.2, 0.25) is 5.91 Å². The number of anilines is 1. The molecule has 0 aromatic heterocycles. The summed E-state index contributed by atoms with van der Waals surface area (Å²) in [6.45, 7) is 5.97. The van der Waals surface area contributed by atoms with E-state index in [0.29, 0.717) is 41.0 Å². The number of nitrogens with zero attached hydrogens (tertiary/aromatic N) is 2. The smallest absolute Gasteiger partial charge is 0.261 e.